The van der Waals surface area contributed by atoms with Crippen LogP contribution in [0.15, 0.2) is 55.1 Å². The largest absolute Gasteiger partial charge is 0.381 e. The normalized spacial score (nSPS) is 10.6. The molecule has 0 saturated heterocycles. The van der Waals surface area contributed by atoms with Crippen molar-refractivity contribution in [2.45, 2.75) is 27.3 Å². The number of hydrogen-bond donors (Lipinski definition) is 1. The maximum atomic E-state index is 12.4. The van der Waals surface area contributed by atoms with Crippen molar-refractivity contribution in [2.75, 3.05) is 18.4 Å². The van der Waals surface area contributed by atoms with Gasteiger partial charge < -0.3 is 10.2 Å². The van der Waals surface area contributed by atoms with E-state index in [1.54, 1.807) is 11.0 Å². The second-order valence-electron chi connectivity index (χ2n) is 6.37. The zero-order valence-corrected chi connectivity index (χ0v) is 16.0. The number of benzene rings is 2. The number of amides is 1. The van der Waals surface area contributed by atoms with Crippen LogP contribution in [0.5, 0.6) is 0 Å². The molecule has 0 aliphatic carbocycles. The van der Waals surface area contributed by atoms with E-state index < -0.39 is 0 Å². The van der Waals surface area contributed by atoms with E-state index in [1.807, 2.05) is 49.1 Å². The molecule has 0 bridgehead atoms. The van der Waals surface area contributed by atoms with Gasteiger partial charge in [-0.15, -0.1) is 0 Å². The number of nitrogens with zero attached hydrogens (tertiary/aromatic N) is 4. The van der Waals surface area contributed by atoms with Crippen LogP contribution < -0.4 is 5.32 Å². The van der Waals surface area contributed by atoms with Crippen LogP contribution in [-0.4, -0.2) is 38.7 Å². The molecule has 0 aliphatic rings. The molecule has 1 N–H and O–H groups in total. The lowest BCUT2D eigenvalue weighted by Crippen LogP contribution is -2.30. The van der Waals surface area contributed by atoms with Gasteiger partial charge in [0.25, 0.3) is 5.91 Å². The summed E-state index contributed by atoms with van der Waals surface area (Å²) in [6.07, 6.45) is 3.23. The first-order chi connectivity index (χ1) is 13.1. The Bertz CT molecular complexity index is 883. The van der Waals surface area contributed by atoms with E-state index in [9.17, 15) is 4.79 Å². The van der Waals surface area contributed by atoms with Gasteiger partial charge in [-0.3, -0.25) is 4.79 Å². The van der Waals surface area contributed by atoms with Crippen molar-refractivity contribution in [3.8, 4) is 5.69 Å². The average Bonchev–Trinajstić information content (AvgIpc) is 3.22. The molecule has 0 saturated carbocycles. The summed E-state index contributed by atoms with van der Waals surface area (Å²) in [4.78, 5) is 18.2. The standard InChI is InChI=1S/C21H25N5O/c1-4-25(5-2)21(27)18-7-9-19(10-8-18)23-13-17-6-11-20(16(3)12-17)26-15-22-14-24-26/h6-12,14-15,23H,4-5,13H2,1-3H3. The van der Waals surface area contributed by atoms with Crippen molar-refractivity contribution in [3.63, 3.8) is 0 Å². The molecule has 0 radical (unpaired) electrons. The van der Waals surface area contributed by atoms with Crippen LogP contribution in [0.4, 0.5) is 5.69 Å². The van der Waals surface area contributed by atoms with Crippen molar-refractivity contribution < 1.29 is 4.79 Å². The highest BCUT2D eigenvalue weighted by Gasteiger charge is 2.11. The fourth-order valence-electron chi connectivity index (χ4n) is 3.05. The van der Waals surface area contributed by atoms with Gasteiger partial charge in [0, 0.05) is 30.9 Å². The molecular formula is C21H25N5O. The minimum absolute atomic E-state index is 0.0749. The monoisotopic (exact) mass is 363 g/mol. The van der Waals surface area contributed by atoms with Crippen molar-refractivity contribution in [1.29, 1.82) is 0 Å². The first-order valence-electron chi connectivity index (χ1n) is 9.20. The molecule has 2 aromatic carbocycles. The van der Waals surface area contributed by atoms with Crippen molar-refractivity contribution in [3.05, 3.63) is 71.8 Å². The Morgan fingerprint density at radius 3 is 2.44 bits per heavy atom. The summed E-state index contributed by atoms with van der Waals surface area (Å²) >= 11 is 0. The van der Waals surface area contributed by atoms with Gasteiger partial charge in [-0.25, -0.2) is 9.67 Å². The average molecular weight is 363 g/mol. The summed E-state index contributed by atoms with van der Waals surface area (Å²) in [5.74, 6) is 0.0749. The molecule has 3 rings (SSSR count). The Hall–Kier alpha value is -3.15. The SMILES string of the molecule is CCN(CC)C(=O)c1ccc(NCc2ccc(-n3cncn3)c(C)c2)cc1. The van der Waals surface area contributed by atoms with Crippen molar-refractivity contribution >= 4 is 11.6 Å². The summed E-state index contributed by atoms with van der Waals surface area (Å²) in [5.41, 5.74) is 5.05. The third-order valence-corrected chi connectivity index (χ3v) is 4.61. The van der Waals surface area contributed by atoms with E-state index in [2.05, 4.69) is 34.5 Å². The molecule has 6 heteroatoms. The van der Waals surface area contributed by atoms with Crippen molar-refractivity contribution in [1.82, 2.24) is 19.7 Å². The van der Waals surface area contributed by atoms with Gasteiger partial charge in [0.05, 0.1) is 5.69 Å². The maximum absolute atomic E-state index is 12.4. The molecule has 1 amide bonds. The fraction of sp³-hybridized carbons (Fsp3) is 0.286. The molecule has 0 atom stereocenters. The number of hydrogen-bond acceptors (Lipinski definition) is 4. The highest BCUT2D eigenvalue weighted by atomic mass is 16.2. The summed E-state index contributed by atoms with van der Waals surface area (Å²) in [6, 6.07) is 13.9. The number of aromatic nitrogens is 3. The number of aryl methyl sites for hydroxylation is 1. The fourth-order valence-corrected chi connectivity index (χ4v) is 3.05. The summed E-state index contributed by atoms with van der Waals surface area (Å²) < 4.78 is 1.76. The van der Waals surface area contributed by atoms with Crippen LogP contribution in [0.1, 0.15) is 35.3 Å². The Balaban J connectivity index is 1.63. The second-order valence-corrected chi connectivity index (χ2v) is 6.37. The van der Waals surface area contributed by atoms with Gasteiger partial charge in [0.15, 0.2) is 0 Å². The van der Waals surface area contributed by atoms with E-state index in [0.29, 0.717) is 6.54 Å². The number of nitrogens with one attached hydrogen (secondary N) is 1. The van der Waals surface area contributed by atoms with Crippen LogP contribution >= 0.6 is 0 Å². The molecule has 27 heavy (non-hydrogen) atoms. The highest BCUT2D eigenvalue weighted by molar-refractivity contribution is 5.94. The molecule has 140 valence electrons. The first kappa shape index (κ1) is 18.6. The Morgan fingerprint density at radius 1 is 1.11 bits per heavy atom. The topological polar surface area (TPSA) is 63.1 Å². The first-order valence-corrected chi connectivity index (χ1v) is 9.20. The molecule has 3 aromatic rings. The summed E-state index contributed by atoms with van der Waals surface area (Å²) in [5, 5.41) is 7.58. The summed E-state index contributed by atoms with van der Waals surface area (Å²) in [7, 11) is 0. The van der Waals surface area contributed by atoms with Gasteiger partial charge in [0.1, 0.15) is 12.7 Å². The molecule has 0 spiro atoms. The predicted molar refractivity (Wildman–Crippen MR) is 107 cm³/mol. The summed E-state index contributed by atoms with van der Waals surface area (Å²) in [6.45, 7) is 8.20. The number of carbonyl (C=O) groups is 1. The van der Waals surface area contributed by atoms with Crippen LogP contribution in [0.3, 0.4) is 0 Å². The number of rotatable bonds is 7. The van der Waals surface area contributed by atoms with Crippen LogP contribution in [0.2, 0.25) is 0 Å². The minimum Gasteiger partial charge on any atom is -0.381 e. The minimum atomic E-state index is 0.0749. The van der Waals surface area contributed by atoms with Crippen LogP contribution in [0, 0.1) is 6.92 Å². The molecule has 0 fully saturated rings. The lowest BCUT2D eigenvalue weighted by Gasteiger charge is -2.18. The lowest BCUT2D eigenvalue weighted by molar-refractivity contribution is 0.0773. The Kier molecular flexibility index (Phi) is 5.86. The third-order valence-electron chi connectivity index (χ3n) is 4.61. The van der Waals surface area contributed by atoms with E-state index in [0.717, 1.165) is 35.6 Å². The zero-order valence-electron chi connectivity index (χ0n) is 16.0. The molecule has 0 unspecified atom stereocenters. The molecular weight excluding hydrogens is 338 g/mol. The second kappa shape index (κ2) is 8.49. The molecule has 6 nitrogen and oxygen atoms in total. The third kappa shape index (κ3) is 4.34. The zero-order chi connectivity index (χ0) is 19.2. The van der Waals surface area contributed by atoms with Gasteiger partial charge in [0.2, 0.25) is 0 Å². The molecule has 1 aromatic heterocycles. The van der Waals surface area contributed by atoms with Gasteiger partial charge >= 0.3 is 0 Å². The van der Waals surface area contributed by atoms with Crippen LogP contribution in [-0.2, 0) is 6.54 Å². The van der Waals surface area contributed by atoms with E-state index >= 15 is 0 Å². The van der Waals surface area contributed by atoms with Crippen molar-refractivity contribution in [2.24, 2.45) is 0 Å². The quantitative estimate of drug-likeness (QED) is 0.696. The smallest absolute Gasteiger partial charge is 0.253 e. The van der Waals surface area contributed by atoms with Gasteiger partial charge in [-0.1, -0.05) is 12.1 Å². The van der Waals surface area contributed by atoms with Gasteiger partial charge in [-0.2, -0.15) is 5.10 Å². The Morgan fingerprint density at radius 2 is 1.85 bits per heavy atom. The number of carbonyl (C=O) groups excluding carboxylic acids is 1. The van der Waals surface area contributed by atoms with E-state index in [-0.39, 0.29) is 5.91 Å². The predicted octanol–water partition coefficient (Wildman–Crippen LogP) is 3.67. The highest BCUT2D eigenvalue weighted by Crippen LogP contribution is 2.17. The lowest BCUT2D eigenvalue weighted by atomic mass is 10.1. The number of anilines is 1. The van der Waals surface area contributed by atoms with Gasteiger partial charge in [-0.05, 0) is 62.2 Å². The maximum Gasteiger partial charge on any atom is 0.253 e. The van der Waals surface area contributed by atoms with E-state index in [1.165, 1.54) is 11.9 Å². The molecule has 1 heterocycles. The molecule has 0 aliphatic heterocycles. The van der Waals surface area contributed by atoms with E-state index in [4.69, 9.17) is 0 Å². The Labute approximate surface area is 159 Å². The van der Waals surface area contributed by atoms with Crippen LogP contribution in [0.25, 0.3) is 5.69 Å².